The van der Waals surface area contributed by atoms with Crippen molar-refractivity contribution in [3.05, 3.63) is 60.7 Å². The van der Waals surface area contributed by atoms with Gasteiger partial charge < -0.3 is 0 Å². The zero-order valence-corrected chi connectivity index (χ0v) is 10.7. The second-order valence-corrected chi connectivity index (χ2v) is 7.58. The van der Waals surface area contributed by atoms with Gasteiger partial charge in [-0.3, -0.25) is 0 Å². The summed E-state index contributed by atoms with van der Waals surface area (Å²) in [4.78, 5) is 0. The Bertz CT molecular complexity index is 405. The maximum atomic E-state index is 6.57. The molecule has 0 amide bonds. The molecule has 0 aromatic heterocycles. The lowest BCUT2D eigenvalue weighted by molar-refractivity contribution is 1.74. The van der Waals surface area contributed by atoms with Gasteiger partial charge in [0, 0.05) is 7.14 Å². The normalized spacial score (nSPS) is 11.3. The summed E-state index contributed by atoms with van der Waals surface area (Å²) in [5.41, 5.74) is 0.695. The number of rotatable bonds is 3. The molecule has 0 saturated heterocycles. The van der Waals surface area contributed by atoms with Gasteiger partial charge in [0.1, 0.15) is 0 Å². The van der Waals surface area contributed by atoms with E-state index in [1.165, 1.54) is 10.6 Å². The molecule has 3 heteroatoms. The van der Waals surface area contributed by atoms with Crippen LogP contribution in [0.15, 0.2) is 60.7 Å². The van der Waals surface area contributed by atoms with Crippen LogP contribution in [0, 0.1) is 0 Å². The third kappa shape index (κ3) is 2.19. The van der Waals surface area contributed by atoms with Crippen molar-refractivity contribution >= 4 is 37.9 Å². The zero-order valence-electron chi connectivity index (χ0n) is 8.95. The summed E-state index contributed by atoms with van der Waals surface area (Å²) in [7, 11) is 4.78. The van der Waals surface area contributed by atoms with Gasteiger partial charge in [0.2, 0.25) is 0 Å². The molecular weight excluding hydrogens is 230 g/mol. The van der Waals surface area contributed by atoms with E-state index >= 15 is 0 Å². The molecule has 0 unspecified atom stereocenters. The smallest absolute Gasteiger partial charge is 0.140 e. The van der Waals surface area contributed by atoms with Gasteiger partial charge in [0.15, 0.2) is 0 Å². The summed E-state index contributed by atoms with van der Waals surface area (Å²) < 4.78 is 0. The van der Waals surface area contributed by atoms with Crippen LogP contribution < -0.4 is 10.6 Å². The van der Waals surface area contributed by atoms with Crippen LogP contribution in [-0.2, 0) is 0 Å². The topological polar surface area (TPSA) is 0 Å². The Morgan fingerprint density at radius 1 is 0.812 bits per heavy atom. The van der Waals surface area contributed by atoms with Crippen LogP contribution in [0.5, 0.6) is 0 Å². The maximum Gasteiger partial charge on any atom is 0.378 e. The predicted molar refractivity (Wildman–Crippen MR) is 78.7 cm³/mol. The fraction of sp³-hybridized carbons (Fsp3) is 0.0769. The Kier molecular flexibility index (Phi) is 3.73. The van der Waals surface area contributed by atoms with E-state index in [1.54, 1.807) is 0 Å². The van der Waals surface area contributed by atoms with E-state index in [0.29, 0.717) is 5.49 Å². The van der Waals surface area contributed by atoms with E-state index in [-0.39, 0.29) is 0 Å². The van der Waals surface area contributed by atoms with E-state index in [4.69, 9.17) is 7.57 Å². The molecule has 0 aliphatic heterocycles. The standard InChI is InChI=1S/C13H13BPS/c14-15(11-16,12-7-3-1-4-8-12)13-9-5-2-6-10-13/h1-10,16H,11H2/q+1. The SMILES string of the molecule is [B][P+](CS)(c1ccccc1)c1ccccc1. The third-order valence-corrected chi connectivity index (χ3v) is 6.88. The molecule has 0 aliphatic rings. The summed E-state index contributed by atoms with van der Waals surface area (Å²) >= 11 is 4.45. The van der Waals surface area contributed by atoms with Gasteiger partial charge >= 0.3 is 7.57 Å². The molecule has 0 N–H and O–H groups in total. The van der Waals surface area contributed by atoms with Crippen molar-refractivity contribution < 1.29 is 0 Å². The lowest BCUT2D eigenvalue weighted by Crippen LogP contribution is -2.23. The van der Waals surface area contributed by atoms with Crippen LogP contribution in [0.3, 0.4) is 0 Å². The molecule has 0 nitrogen and oxygen atoms in total. The first-order chi connectivity index (χ1) is 7.77. The van der Waals surface area contributed by atoms with Gasteiger partial charge in [0.25, 0.3) is 0 Å². The highest BCUT2D eigenvalue weighted by molar-refractivity contribution is 8.15. The molecule has 2 rings (SSSR count). The monoisotopic (exact) mass is 243 g/mol. The molecule has 0 aliphatic carbocycles. The number of hydrogen-bond donors (Lipinski definition) is 1. The van der Waals surface area contributed by atoms with Crippen molar-refractivity contribution in [3.63, 3.8) is 0 Å². The minimum Gasteiger partial charge on any atom is -0.140 e. The minimum atomic E-state index is -1.79. The van der Waals surface area contributed by atoms with E-state index < -0.39 is 7.14 Å². The number of hydrogen-bond acceptors (Lipinski definition) is 1. The fourth-order valence-electron chi connectivity index (χ4n) is 1.70. The van der Waals surface area contributed by atoms with Crippen LogP contribution >= 0.6 is 19.8 Å². The van der Waals surface area contributed by atoms with Crippen molar-refractivity contribution in [2.45, 2.75) is 0 Å². The molecule has 0 bridgehead atoms. The Balaban J connectivity index is 2.49. The quantitative estimate of drug-likeness (QED) is 0.478. The first kappa shape index (κ1) is 11.8. The Labute approximate surface area is 104 Å². The van der Waals surface area contributed by atoms with E-state index in [2.05, 4.69) is 36.9 Å². The summed E-state index contributed by atoms with van der Waals surface area (Å²) in [6.45, 7) is 0. The summed E-state index contributed by atoms with van der Waals surface area (Å²) in [6.07, 6.45) is 0. The number of benzene rings is 2. The first-order valence-electron chi connectivity index (χ1n) is 5.16. The fourth-order valence-corrected chi connectivity index (χ4v) is 4.71. The molecule has 2 aromatic carbocycles. The highest BCUT2D eigenvalue weighted by atomic mass is 32.1. The second kappa shape index (κ2) is 5.08. The molecule has 16 heavy (non-hydrogen) atoms. The van der Waals surface area contributed by atoms with Crippen molar-refractivity contribution in [2.24, 2.45) is 0 Å². The molecule has 0 atom stereocenters. The molecule has 78 valence electrons. The van der Waals surface area contributed by atoms with E-state index in [0.717, 1.165) is 0 Å². The third-order valence-electron chi connectivity index (χ3n) is 2.66. The van der Waals surface area contributed by atoms with Gasteiger partial charge in [-0.2, -0.15) is 0 Å². The predicted octanol–water partition coefficient (Wildman–Crippen LogP) is 2.63. The summed E-state index contributed by atoms with van der Waals surface area (Å²) in [5, 5.41) is 2.41. The zero-order chi connectivity index (χ0) is 11.4. The first-order valence-corrected chi connectivity index (χ1v) is 7.83. The van der Waals surface area contributed by atoms with Crippen molar-refractivity contribution in [3.8, 4) is 0 Å². The molecular formula is C13H13BPS+. The average molecular weight is 243 g/mol. The average Bonchev–Trinajstić information content (AvgIpc) is 2.40. The molecule has 0 heterocycles. The van der Waals surface area contributed by atoms with Crippen molar-refractivity contribution in [2.75, 3.05) is 5.49 Å². The van der Waals surface area contributed by atoms with Gasteiger partial charge in [0.05, 0.1) is 16.1 Å². The lowest BCUT2D eigenvalue weighted by atomic mass is 10.4. The van der Waals surface area contributed by atoms with Crippen molar-refractivity contribution in [1.29, 1.82) is 0 Å². The van der Waals surface area contributed by atoms with Crippen molar-refractivity contribution in [1.82, 2.24) is 0 Å². The van der Waals surface area contributed by atoms with Crippen LogP contribution in [0.25, 0.3) is 0 Å². The van der Waals surface area contributed by atoms with Gasteiger partial charge in [-0.1, -0.05) is 36.4 Å². The highest BCUT2D eigenvalue weighted by Gasteiger charge is 2.35. The summed E-state index contributed by atoms with van der Waals surface area (Å²) in [5.74, 6) is 0. The van der Waals surface area contributed by atoms with E-state index in [1.807, 2.05) is 36.4 Å². The van der Waals surface area contributed by atoms with Crippen LogP contribution in [-0.4, -0.2) is 13.1 Å². The molecule has 2 radical (unpaired) electrons. The molecule has 0 spiro atoms. The van der Waals surface area contributed by atoms with Crippen LogP contribution in [0.2, 0.25) is 0 Å². The second-order valence-electron chi connectivity index (χ2n) is 3.68. The minimum absolute atomic E-state index is 0.695. The molecule has 0 fully saturated rings. The van der Waals surface area contributed by atoms with Crippen LogP contribution in [0.1, 0.15) is 0 Å². The summed E-state index contributed by atoms with van der Waals surface area (Å²) in [6, 6.07) is 20.5. The molecule has 0 saturated carbocycles. The van der Waals surface area contributed by atoms with Gasteiger partial charge in [-0.25, -0.2) is 0 Å². The van der Waals surface area contributed by atoms with E-state index in [9.17, 15) is 0 Å². The largest absolute Gasteiger partial charge is 0.378 e. The maximum absolute atomic E-state index is 6.57. The highest BCUT2D eigenvalue weighted by Crippen LogP contribution is 2.51. The lowest BCUT2D eigenvalue weighted by Gasteiger charge is -2.21. The Morgan fingerprint density at radius 2 is 1.19 bits per heavy atom. The Morgan fingerprint density at radius 3 is 1.50 bits per heavy atom. The van der Waals surface area contributed by atoms with Gasteiger partial charge in [-0.15, -0.1) is 12.6 Å². The van der Waals surface area contributed by atoms with Crippen LogP contribution in [0.4, 0.5) is 0 Å². The number of thiol groups is 1. The van der Waals surface area contributed by atoms with Gasteiger partial charge in [-0.05, 0) is 24.3 Å². The Hall–Kier alpha value is -0.715. The molecule has 2 aromatic rings.